The van der Waals surface area contributed by atoms with Gasteiger partial charge in [-0.25, -0.2) is 4.98 Å². The number of H-pyrrole nitrogens is 1. The number of nitrogens with one attached hydrogen (secondary N) is 1. The van der Waals surface area contributed by atoms with Gasteiger partial charge in [0.1, 0.15) is 5.82 Å². The van der Waals surface area contributed by atoms with Gasteiger partial charge in [0, 0.05) is 25.4 Å². The summed E-state index contributed by atoms with van der Waals surface area (Å²) in [7, 11) is 0. The highest BCUT2D eigenvalue weighted by Gasteiger charge is 2.15. The summed E-state index contributed by atoms with van der Waals surface area (Å²) in [5, 5.41) is 6.78. The minimum atomic E-state index is 0.455. The maximum Gasteiger partial charge on any atom is 0.228 e. The lowest BCUT2D eigenvalue weighted by atomic mass is 10.3. The van der Waals surface area contributed by atoms with Gasteiger partial charge in [-0.3, -0.25) is 5.10 Å². The number of nitrogen functional groups attached to an aromatic ring is 1. The Morgan fingerprint density at radius 2 is 2.11 bits per heavy atom. The van der Waals surface area contributed by atoms with E-state index in [0.717, 1.165) is 24.5 Å². The molecule has 3 rings (SSSR count). The summed E-state index contributed by atoms with van der Waals surface area (Å²) in [5.41, 5.74) is 7.41. The predicted octanol–water partition coefficient (Wildman–Crippen LogP) is 0.285. The molecule has 0 spiro atoms. The number of hydrogen-bond acceptors (Lipinski definition) is 6. The van der Waals surface area contributed by atoms with Crippen LogP contribution in [0, 0.1) is 0 Å². The number of aromatic nitrogens is 4. The maximum absolute atomic E-state index is 5.83. The third kappa shape index (κ3) is 2.12. The molecule has 7 heteroatoms. The molecule has 1 saturated heterocycles. The van der Waals surface area contributed by atoms with Crippen LogP contribution in [0.1, 0.15) is 0 Å². The van der Waals surface area contributed by atoms with Gasteiger partial charge in [-0.2, -0.15) is 10.1 Å². The van der Waals surface area contributed by atoms with Crippen molar-refractivity contribution in [2.75, 3.05) is 36.9 Å². The van der Waals surface area contributed by atoms with Crippen molar-refractivity contribution in [2.24, 2.45) is 0 Å². The van der Waals surface area contributed by atoms with E-state index in [1.165, 1.54) is 0 Å². The minimum absolute atomic E-state index is 0.455. The molecule has 94 valence electrons. The van der Waals surface area contributed by atoms with E-state index in [1.807, 2.05) is 6.07 Å². The number of hydrogen-bond donors (Lipinski definition) is 2. The number of morpholine rings is 1. The van der Waals surface area contributed by atoms with E-state index in [9.17, 15) is 0 Å². The molecule has 1 fully saturated rings. The first kappa shape index (κ1) is 11.0. The van der Waals surface area contributed by atoms with Gasteiger partial charge in [0.05, 0.1) is 24.6 Å². The van der Waals surface area contributed by atoms with Crippen molar-refractivity contribution in [3.8, 4) is 11.4 Å². The van der Waals surface area contributed by atoms with E-state index < -0.39 is 0 Å². The van der Waals surface area contributed by atoms with E-state index in [-0.39, 0.29) is 0 Å². The number of rotatable bonds is 2. The van der Waals surface area contributed by atoms with Crippen molar-refractivity contribution in [3.05, 3.63) is 18.3 Å². The number of aromatic amines is 1. The summed E-state index contributed by atoms with van der Waals surface area (Å²) < 4.78 is 5.31. The van der Waals surface area contributed by atoms with Gasteiger partial charge >= 0.3 is 0 Å². The Balaban J connectivity index is 1.95. The number of ether oxygens (including phenoxy) is 1. The van der Waals surface area contributed by atoms with Crippen molar-refractivity contribution in [2.45, 2.75) is 0 Å². The van der Waals surface area contributed by atoms with E-state index >= 15 is 0 Å². The second kappa shape index (κ2) is 4.61. The number of nitrogens with zero attached hydrogens (tertiary/aromatic N) is 4. The Labute approximate surface area is 104 Å². The fourth-order valence-electron chi connectivity index (χ4n) is 1.89. The van der Waals surface area contributed by atoms with Crippen molar-refractivity contribution in [1.29, 1.82) is 0 Å². The summed E-state index contributed by atoms with van der Waals surface area (Å²) in [4.78, 5) is 10.8. The third-order valence-corrected chi connectivity index (χ3v) is 2.80. The van der Waals surface area contributed by atoms with Gasteiger partial charge in [0.15, 0.2) is 0 Å². The fourth-order valence-corrected chi connectivity index (χ4v) is 1.89. The summed E-state index contributed by atoms with van der Waals surface area (Å²) in [5.74, 6) is 1.10. The highest BCUT2D eigenvalue weighted by molar-refractivity contribution is 5.59. The first-order chi connectivity index (χ1) is 8.83. The van der Waals surface area contributed by atoms with Crippen LogP contribution in [-0.4, -0.2) is 46.5 Å². The molecule has 2 aromatic heterocycles. The summed E-state index contributed by atoms with van der Waals surface area (Å²) in [6, 6.07) is 3.59. The molecule has 0 bridgehead atoms. The normalized spacial score (nSPS) is 15.9. The Morgan fingerprint density at radius 1 is 1.28 bits per heavy atom. The second-order valence-electron chi connectivity index (χ2n) is 4.05. The summed E-state index contributed by atoms with van der Waals surface area (Å²) in [6.45, 7) is 2.95. The van der Waals surface area contributed by atoms with Crippen LogP contribution in [0.3, 0.4) is 0 Å². The largest absolute Gasteiger partial charge is 0.384 e. The Hall–Kier alpha value is -2.15. The molecule has 18 heavy (non-hydrogen) atoms. The van der Waals surface area contributed by atoms with Crippen LogP contribution in [-0.2, 0) is 4.74 Å². The lowest BCUT2D eigenvalue weighted by Crippen LogP contribution is -2.37. The van der Waals surface area contributed by atoms with Crippen molar-refractivity contribution < 1.29 is 4.74 Å². The number of nitrogens with two attached hydrogens (primary N) is 1. The molecule has 0 unspecified atom stereocenters. The maximum atomic E-state index is 5.83. The van der Waals surface area contributed by atoms with Crippen LogP contribution < -0.4 is 10.6 Å². The van der Waals surface area contributed by atoms with E-state index in [2.05, 4.69) is 25.1 Å². The number of anilines is 2. The first-order valence-electron chi connectivity index (χ1n) is 5.80. The average molecular weight is 246 g/mol. The Morgan fingerprint density at radius 3 is 2.83 bits per heavy atom. The molecule has 3 N–H and O–H groups in total. The highest BCUT2D eigenvalue weighted by Crippen LogP contribution is 2.20. The Bertz CT molecular complexity index is 520. The van der Waals surface area contributed by atoms with Crippen molar-refractivity contribution in [3.63, 3.8) is 0 Å². The molecular formula is C11H14N6O. The van der Waals surface area contributed by atoms with Gasteiger partial charge in [-0.1, -0.05) is 0 Å². The van der Waals surface area contributed by atoms with Crippen molar-refractivity contribution >= 4 is 11.8 Å². The fraction of sp³-hybridized carbons (Fsp3) is 0.364. The van der Waals surface area contributed by atoms with Crippen LogP contribution in [0.5, 0.6) is 0 Å². The monoisotopic (exact) mass is 246 g/mol. The third-order valence-electron chi connectivity index (χ3n) is 2.80. The summed E-state index contributed by atoms with van der Waals surface area (Å²) in [6.07, 6.45) is 1.68. The van der Waals surface area contributed by atoms with E-state index in [4.69, 9.17) is 10.5 Å². The van der Waals surface area contributed by atoms with Crippen LogP contribution >= 0.6 is 0 Å². The lowest BCUT2D eigenvalue weighted by Gasteiger charge is -2.27. The zero-order valence-electron chi connectivity index (χ0n) is 9.83. The lowest BCUT2D eigenvalue weighted by molar-refractivity contribution is 0.122. The van der Waals surface area contributed by atoms with Crippen LogP contribution in [0.2, 0.25) is 0 Å². The smallest absolute Gasteiger partial charge is 0.228 e. The van der Waals surface area contributed by atoms with Gasteiger partial charge in [0.25, 0.3) is 0 Å². The molecule has 7 nitrogen and oxygen atoms in total. The molecule has 1 aliphatic rings. The SMILES string of the molecule is Nc1cc(-c2ccn[nH]2)nc(N2CCOCC2)n1. The Kier molecular flexibility index (Phi) is 2.81. The molecule has 0 radical (unpaired) electrons. The average Bonchev–Trinajstić information content (AvgIpc) is 2.93. The molecule has 0 aliphatic carbocycles. The van der Waals surface area contributed by atoms with Crippen LogP contribution in [0.4, 0.5) is 11.8 Å². The van der Waals surface area contributed by atoms with Gasteiger partial charge in [-0.15, -0.1) is 0 Å². The van der Waals surface area contributed by atoms with Crippen molar-refractivity contribution in [1.82, 2.24) is 20.2 Å². The molecule has 3 heterocycles. The second-order valence-corrected chi connectivity index (χ2v) is 4.05. The molecule has 0 saturated carbocycles. The van der Waals surface area contributed by atoms with E-state index in [1.54, 1.807) is 12.3 Å². The molecular weight excluding hydrogens is 232 g/mol. The van der Waals surface area contributed by atoms with Gasteiger partial charge < -0.3 is 15.4 Å². The van der Waals surface area contributed by atoms with E-state index in [0.29, 0.717) is 25.0 Å². The highest BCUT2D eigenvalue weighted by atomic mass is 16.5. The standard InChI is InChI=1S/C11H14N6O/c12-10-7-9(8-1-2-13-16-8)14-11(15-10)17-3-5-18-6-4-17/h1-2,7H,3-6H2,(H,13,16)(H2,12,14,15). The molecule has 0 amide bonds. The minimum Gasteiger partial charge on any atom is -0.384 e. The molecule has 0 aromatic carbocycles. The predicted molar refractivity (Wildman–Crippen MR) is 67.1 cm³/mol. The molecule has 0 atom stereocenters. The van der Waals surface area contributed by atoms with Crippen LogP contribution in [0.15, 0.2) is 18.3 Å². The van der Waals surface area contributed by atoms with Crippen LogP contribution in [0.25, 0.3) is 11.4 Å². The zero-order valence-corrected chi connectivity index (χ0v) is 9.83. The van der Waals surface area contributed by atoms with Gasteiger partial charge in [-0.05, 0) is 6.07 Å². The topological polar surface area (TPSA) is 93.0 Å². The first-order valence-corrected chi connectivity index (χ1v) is 5.80. The quantitative estimate of drug-likeness (QED) is 0.791. The zero-order chi connectivity index (χ0) is 12.4. The molecule has 1 aliphatic heterocycles. The summed E-state index contributed by atoms with van der Waals surface area (Å²) >= 11 is 0. The molecule has 2 aromatic rings. The van der Waals surface area contributed by atoms with Gasteiger partial charge in [0.2, 0.25) is 5.95 Å².